The van der Waals surface area contributed by atoms with Crippen molar-refractivity contribution in [1.82, 2.24) is 4.31 Å². The predicted molar refractivity (Wildman–Crippen MR) is 112 cm³/mol. The summed E-state index contributed by atoms with van der Waals surface area (Å²) < 4.78 is 33.3. The number of methoxy groups -OCH3 is 1. The Kier molecular flexibility index (Phi) is 4.68. The third-order valence-electron chi connectivity index (χ3n) is 5.82. The molecule has 1 saturated heterocycles. The molecule has 2 atom stereocenters. The van der Waals surface area contributed by atoms with E-state index in [2.05, 4.69) is 12.6 Å². The fourth-order valence-corrected chi connectivity index (χ4v) is 5.91. The molecule has 4 rings (SSSR count). The number of benzene rings is 2. The normalized spacial score (nSPS) is 22.0. The Balaban J connectivity index is 1.66. The van der Waals surface area contributed by atoms with Crippen LogP contribution in [0.2, 0.25) is 0 Å². The van der Waals surface area contributed by atoms with E-state index in [4.69, 9.17) is 4.74 Å². The molecule has 0 N–H and O–H groups in total. The molecule has 2 aromatic carbocycles. The number of sulfonamides is 1. The van der Waals surface area contributed by atoms with Crippen molar-refractivity contribution in [1.29, 1.82) is 0 Å². The third kappa shape index (κ3) is 2.99. The maximum absolute atomic E-state index is 13.1. The number of ether oxygens (including phenoxy) is 1. The molecule has 2 unspecified atom stereocenters. The lowest BCUT2D eigenvalue weighted by Gasteiger charge is -2.38. The summed E-state index contributed by atoms with van der Waals surface area (Å²) in [6, 6.07) is 15.1. The standard InChI is InChI=1S/C23H25NO3S/c1-15(2)22-20-13-24(28(25,26)19-10-8-16(3)9-11-19)14-21(20)23(22)17-6-5-7-18(12-17)27-4/h5-12,20-21H,1,13-14H2,2-4H3. The molecule has 1 aliphatic carbocycles. The second-order valence-electron chi connectivity index (χ2n) is 7.69. The summed E-state index contributed by atoms with van der Waals surface area (Å²) in [5, 5.41) is 0. The molecule has 2 aromatic rings. The molecule has 1 heterocycles. The van der Waals surface area contributed by atoms with Gasteiger partial charge in [-0.25, -0.2) is 8.42 Å². The van der Waals surface area contributed by atoms with Gasteiger partial charge in [0.15, 0.2) is 0 Å². The van der Waals surface area contributed by atoms with Crippen molar-refractivity contribution in [3.63, 3.8) is 0 Å². The molecule has 2 aliphatic rings. The van der Waals surface area contributed by atoms with Gasteiger partial charge in [0.05, 0.1) is 12.0 Å². The highest BCUT2D eigenvalue weighted by Crippen LogP contribution is 2.54. The first kappa shape index (κ1) is 19.0. The zero-order valence-corrected chi connectivity index (χ0v) is 17.3. The van der Waals surface area contributed by atoms with Gasteiger partial charge in [0.25, 0.3) is 0 Å². The monoisotopic (exact) mass is 395 g/mol. The van der Waals surface area contributed by atoms with Gasteiger partial charge >= 0.3 is 0 Å². The lowest BCUT2D eigenvalue weighted by Crippen LogP contribution is -2.29. The summed E-state index contributed by atoms with van der Waals surface area (Å²) in [5.41, 5.74) is 5.55. The van der Waals surface area contributed by atoms with Crippen LogP contribution in [0.5, 0.6) is 5.75 Å². The van der Waals surface area contributed by atoms with E-state index >= 15 is 0 Å². The summed E-state index contributed by atoms with van der Waals surface area (Å²) >= 11 is 0. The van der Waals surface area contributed by atoms with E-state index in [9.17, 15) is 8.42 Å². The fourth-order valence-electron chi connectivity index (χ4n) is 4.42. The van der Waals surface area contributed by atoms with Crippen molar-refractivity contribution in [3.05, 3.63) is 77.4 Å². The van der Waals surface area contributed by atoms with Gasteiger partial charge in [0.1, 0.15) is 5.75 Å². The SMILES string of the molecule is C=C(C)C1=C(c2cccc(OC)c2)C2CN(S(=O)(=O)c3ccc(C)cc3)CC12. The molecular weight excluding hydrogens is 370 g/mol. The second kappa shape index (κ2) is 6.90. The van der Waals surface area contributed by atoms with Gasteiger partial charge in [-0.15, -0.1) is 0 Å². The Labute approximate surface area is 167 Å². The topological polar surface area (TPSA) is 46.6 Å². The van der Waals surface area contributed by atoms with Gasteiger partial charge in [-0.1, -0.05) is 42.0 Å². The van der Waals surface area contributed by atoms with Crippen molar-refractivity contribution in [3.8, 4) is 5.75 Å². The van der Waals surface area contributed by atoms with Crippen LogP contribution in [0.15, 0.2) is 71.2 Å². The average molecular weight is 396 g/mol. The van der Waals surface area contributed by atoms with Crippen molar-refractivity contribution in [2.24, 2.45) is 11.8 Å². The predicted octanol–water partition coefficient (Wildman–Crippen LogP) is 4.28. The van der Waals surface area contributed by atoms with Gasteiger partial charge in [-0.05, 0) is 54.8 Å². The van der Waals surface area contributed by atoms with Crippen LogP contribution in [0.3, 0.4) is 0 Å². The van der Waals surface area contributed by atoms with Crippen LogP contribution in [-0.4, -0.2) is 32.9 Å². The molecule has 5 heteroatoms. The van der Waals surface area contributed by atoms with Crippen LogP contribution in [0.4, 0.5) is 0 Å². The Hall–Kier alpha value is -2.37. The Morgan fingerprint density at radius 1 is 1.11 bits per heavy atom. The zero-order valence-electron chi connectivity index (χ0n) is 16.5. The molecule has 0 bridgehead atoms. The number of nitrogens with zero attached hydrogens (tertiary/aromatic N) is 1. The Morgan fingerprint density at radius 2 is 1.79 bits per heavy atom. The summed E-state index contributed by atoms with van der Waals surface area (Å²) in [7, 11) is -1.84. The minimum absolute atomic E-state index is 0.194. The molecule has 0 amide bonds. The van der Waals surface area contributed by atoms with E-state index in [1.165, 1.54) is 11.1 Å². The highest BCUT2D eigenvalue weighted by molar-refractivity contribution is 7.89. The highest BCUT2D eigenvalue weighted by atomic mass is 32.2. The minimum Gasteiger partial charge on any atom is -0.497 e. The number of aryl methyl sites for hydroxylation is 1. The van der Waals surface area contributed by atoms with Crippen LogP contribution < -0.4 is 4.74 Å². The van der Waals surface area contributed by atoms with Gasteiger partial charge in [-0.3, -0.25) is 0 Å². The van der Waals surface area contributed by atoms with E-state index in [0.717, 1.165) is 22.4 Å². The summed E-state index contributed by atoms with van der Waals surface area (Å²) in [5.74, 6) is 1.20. The van der Waals surface area contributed by atoms with Gasteiger partial charge in [0.2, 0.25) is 10.0 Å². The molecule has 1 aliphatic heterocycles. The van der Waals surface area contributed by atoms with E-state index in [-0.39, 0.29) is 11.8 Å². The van der Waals surface area contributed by atoms with Crippen molar-refractivity contribution >= 4 is 15.6 Å². The summed E-state index contributed by atoms with van der Waals surface area (Å²) in [6.45, 7) is 9.13. The minimum atomic E-state index is -3.50. The maximum atomic E-state index is 13.1. The van der Waals surface area contributed by atoms with Gasteiger partial charge in [-0.2, -0.15) is 4.31 Å². The lowest BCUT2D eigenvalue weighted by molar-refractivity contribution is 0.414. The second-order valence-corrected chi connectivity index (χ2v) is 9.63. The van der Waals surface area contributed by atoms with Crippen molar-refractivity contribution in [2.45, 2.75) is 18.7 Å². The van der Waals surface area contributed by atoms with Crippen molar-refractivity contribution < 1.29 is 13.2 Å². The summed E-state index contributed by atoms with van der Waals surface area (Å²) in [4.78, 5) is 0.360. The molecule has 0 aromatic heterocycles. The summed E-state index contributed by atoms with van der Waals surface area (Å²) in [6.07, 6.45) is 0. The number of fused-ring (bicyclic) bond motifs is 1. The molecule has 28 heavy (non-hydrogen) atoms. The van der Waals surface area contributed by atoms with Crippen LogP contribution in [0.1, 0.15) is 18.1 Å². The first-order chi connectivity index (χ1) is 13.3. The number of hydrogen-bond donors (Lipinski definition) is 0. The zero-order chi connectivity index (χ0) is 20.1. The van der Waals surface area contributed by atoms with E-state index < -0.39 is 10.0 Å². The number of allylic oxidation sites excluding steroid dienone is 1. The smallest absolute Gasteiger partial charge is 0.243 e. The van der Waals surface area contributed by atoms with Gasteiger partial charge in [0, 0.05) is 24.9 Å². The van der Waals surface area contributed by atoms with Crippen LogP contribution in [0, 0.1) is 18.8 Å². The fraction of sp³-hybridized carbons (Fsp3) is 0.304. The highest BCUT2D eigenvalue weighted by Gasteiger charge is 2.50. The molecular formula is C23H25NO3S. The largest absolute Gasteiger partial charge is 0.497 e. The van der Waals surface area contributed by atoms with E-state index in [1.807, 2.05) is 44.2 Å². The van der Waals surface area contributed by atoms with Crippen LogP contribution >= 0.6 is 0 Å². The number of rotatable bonds is 5. The molecule has 4 nitrogen and oxygen atoms in total. The van der Waals surface area contributed by atoms with Crippen LogP contribution in [0.25, 0.3) is 5.57 Å². The molecule has 0 spiro atoms. The maximum Gasteiger partial charge on any atom is 0.243 e. The first-order valence-corrected chi connectivity index (χ1v) is 10.9. The molecule has 146 valence electrons. The first-order valence-electron chi connectivity index (χ1n) is 9.44. The average Bonchev–Trinajstić information content (AvgIpc) is 3.01. The van der Waals surface area contributed by atoms with E-state index in [1.54, 1.807) is 23.5 Å². The van der Waals surface area contributed by atoms with Crippen molar-refractivity contribution in [2.75, 3.05) is 20.2 Å². The third-order valence-corrected chi connectivity index (χ3v) is 7.66. The quantitative estimate of drug-likeness (QED) is 0.759. The Bertz CT molecular complexity index is 1070. The van der Waals surface area contributed by atoms with E-state index in [0.29, 0.717) is 18.0 Å². The molecule has 0 radical (unpaired) electrons. The molecule has 0 saturated carbocycles. The lowest BCUT2D eigenvalue weighted by atomic mass is 9.65. The molecule has 1 fully saturated rings. The number of hydrogen-bond acceptors (Lipinski definition) is 3. The Morgan fingerprint density at radius 3 is 2.43 bits per heavy atom. The van der Waals surface area contributed by atoms with Crippen LogP contribution in [-0.2, 0) is 10.0 Å². The van der Waals surface area contributed by atoms with Gasteiger partial charge < -0.3 is 4.74 Å².